The van der Waals surface area contributed by atoms with Gasteiger partial charge in [0.2, 0.25) is 5.91 Å². The van der Waals surface area contributed by atoms with Gasteiger partial charge in [-0.25, -0.2) is 0 Å². The maximum Gasteiger partial charge on any atom is 0.223 e. The highest BCUT2D eigenvalue weighted by Gasteiger charge is 2.22. The number of nitrogens with one attached hydrogen (secondary N) is 1. The first-order valence-corrected chi connectivity index (χ1v) is 11.4. The molecule has 2 aliphatic heterocycles. The zero-order valence-electron chi connectivity index (χ0n) is 18.4. The summed E-state index contributed by atoms with van der Waals surface area (Å²) in [6.07, 6.45) is 3.20. The highest BCUT2D eigenvalue weighted by molar-refractivity contribution is 5.78. The zero-order valence-corrected chi connectivity index (χ0v) is 18.4. The van der Waals surface area contributed by atoms with Crippen LogP contribution in [0.3, 0.4) is 0 Å². The van der Waals surface area contributed by atoms with Gasteiger partial charge in [-0.3, -0.25) is 9.69 Å². The molecule has 1 aromatic carbocycles. The van der Waals surface area contributed by atoms with Gasteiger partial charge in [-0.1, -0.05) is 18.2 Å². The number of ether oxygens (including phenoxy) is 2. The molecule has 1 saturated heterocycles. The first kappa shape index (κ1) is 21.8. The van der Waals surface area contributed by atoms with Crippen LogP contribution in [0.5, 0.6) is 5.75 Å². The lowest BCUT2D eigenvalue weighted by molar-refractivity contribution is -0.127. The smallest absolute Gasteiger partial charge is 0.223 e. The fourth-order valence-corrected chi connectivity index (χ4v) is 4.34. The molecule has 0 atom stereocenters. The summed E-state index contributed by atoms with van der Waals surface area (Å²) in [5.41, 5.74) is 1.22. The standard InChI is InChI=1S/C23H33N5O3/c1-2-31-20-6-4-3-5-19(20)17-27-12-8-22-26-25-21(28(22)14-13-27)7-11-24-23(29)18-9-15-30-16-10-18/h3-6,18H,2,7-17H2,1H3,(H,24,29). The fourth-order valence-electron chi connectivity index (χ4n) is 4.34. The zero-order chi connectivity index (χ0) is 21.5. The number of para-hydroxylation sites is 1. The quantitative estimate of drug-likeness (QED) is 0.692. The molecule has 0 aliphatic carbocycles. The molecule has 0 bridgehead atoms. The third kappa shape index (κ3) is 5.62. The molecule has 8 heteroatoms. The Labute approximate surface area is 183 Å². The van der Waals surface area contributed by atoms with E-state index in [1.165, 1.54) is 5.56 Å². The molecule has 8 nitrogen and oxygen atoms in total. The summed E-state index contributed by atoms with van der Waals surface area (Å²) in [4.78, 5) is 14.8. The highest BCUT2D eigenvalue weighted by Crippen LogP contribution is 2.21. The molecule has 3 heterocycles. The number of hydrogen-bond acceptors (Lipinski definition) is 6. The van der Waals surface area contributed by atoms with Gasteiger partial charge in [0.1, 0.15) is 17.4 Å². The normalized spacial score (nSPS) is 17.7. The maximum atomic E-state index is 12.3. The van der Waals surface area contributed by atoms with E-state index in [-0.39, 0.29) is 11.8 Å². The van der Waals surface area contributed by atoms with Crippen LogP contribution in [0.15, 0.2) is 24.3 Å². The molecule has 1 amide bonds. The molecule has 1 aromatic heterocycles. The first-order chi connectivity index (χ1) is 15.2. The van der Waals surface area contributed by atoms with Crippen molar-refractivity contribution >= 4 is 5.91 Å². The molecular formula is C23H33N5O3. The van der Waals surface area contributed by atoms with Gasteiger partial charge in [0.05, 0.1) is 6.61 Å². The molecule has 1 fully saturated rings. The van der Waals surface area contributed by atoms with Crippen LogP contribution in [0.4, 0.5) is 0 Å². The number of aromatic nitrogens is 3. The lowest BCUT2D eigenvalue weighted by Gasteiger charge is -2.21. The number of amides is 1. The van der Waals surface area contributed by atoms with E-state index in [0.29, 0.717) is 32.8 Å². The minimum absolute atomic E-state index is 0.0809. The van der Waals surface area contributed by atoms with Crippen molar-refractivity contribution in [2.45, 2.75) is 45.7 Å². The Morgan fingerprint density at radius 1 is 1.19 bits per heavy atom. The number of rotatable bonds is 8. The van der Waals surface area contributed by atoms with Crippen molar-refractivity contribution in [1.82, 2.24) is 25.0 Å². The maximum absolute atomic E-state index is 12.3. The van der Waals surface area contributed by atoms with E-state index in [1.54, 1.807) is 0 Å². The third-order valence-corrected chi connectivity index (χ3v) is 6.10. The van der Waals surface area contributed by atoms with Crippen molar-refractivity contribution in [2.24, 2.45) is 5.92 Å². The van der Waals surface area contributed by atoms with Crippen LogP contribution in [0.25, 0.3) is 0 Å². The van der Waals surface area contributed by atoms with E-state index in [1.807, 2.05) is 19.1 Å². The van der Waals surface area contributed by atoms with Gasteiger partial charge in [-0.05, 0) is 25.8 Å². The summed E-state index contributed by atoms with van der Waals surface area (Å²) in [6, 6.07) is 8.27. The lowest BCUT2D eigenvalue weighted by atomic mass is 9.99. The summed E-state index contributed by atoms with van der Waals surface area (Å²) in [5.74, 6) is 3.18. The average Bonchev–Trinajstić information content (AvgIpc) is 3.07. The Morgan fingerprint density at radius 2 is 2.03 bits per heavy atom. The van der Waals surface area contributed by atoms with E-state index in [9.17, 15) is 4.79 Å². The van der Waals surface area contributed by atoms with Crippen LogP contribution in [0, 0.1) is 5.92 Å². The molecule has 4 rings (SSSR count). The Morgan fingerprint density at radius 3 is 2.87 bits per heavy atom. The molecule has 2 aliphatic rings. The summed E-state index contributed by atoms with van der Waals surface area (Å²) in [7, 11) is 0. The van der Waals surface area contributed by atoms with E-state index >= 15 is 0 Å². The van der Waals surface area contributed by atoms with Crippen LogP contribution in [-0.2, 0) is 35.5 Å². The summed E-state index contributed by atoms with van der Waals surface area (Å²) >= 11 is 0. The van der Waals surface area contributed by atoms with Crippen LogP contribution in [0.2, 0.25) is 0 Å². The molecule has 2 aromatic rings. The number of hydrogen-bond donors (Lipinski definition) is 1. The van der Waals surface area contributed by atoms with Crippen molar-refractivity contribution in [1.29, 1.82) is 0 Å². The minimum atomic E-state index is 0.0809. The Hall–Kier alpha value is -2.45. The van der Waals surface area contributed by atoms with E-state index in [4.69, 9.17) is 9.47 Å². The van der Waals surface area contributed by atoms with E-state index in [2.05, 4.69) is 37.1 Å². The van der Waals surface area contributed by atoms with Crippen LogP contribution in [0.1, 0.15) is 37.0 Å². The number of carbonyl (C=O) groups excluding carboxylic acids is 1. The van der Waals surface area contributed by atoms with Crippen LogP contribution in [-0.4, -0.2) is 65.0 Å². The lowest BCUT2D eigenvalue weighted by Crippen LogP contribution is -2.35. The molecule has 0 spiro atoms. The van der Waals surface area contributed by atoms with Gasteiger partial charge >= 0.3 is 0 Å². The van der Waals surface area contributed by atoms with Gasteiger partial charge in [0.25, 0.3) is 0 Å². The topological polar surface area (TPSA) is 81.5 Å². The number of benzene rings is 1. The van der Waals surface area contributed by atoms with Crippen LogP contribution >= 0.6 is 0 Å². The second kappa shape index (κ2) is 10.7. The van der Waals surface area contributed by atoms with Crippen molar-refractivity contribution in [3.05, 3.63) is 41.5 Å². The summed E-state index contributed by atoms with van der Waals surface area (Å²) in [5, 5.41) is 11.9. The minimum Gasteiger partial charge on any atom is -0.494 e. The SMILES string of the molecule is CCOc1ccccc1CN1CCc2nnc(CCNC(=O)C3CCOCC3)n2CC1. The van der Waals surface area contributed by atoms with Crippen molar-refractivity contribution in [2.75, 3.05) is 39.5 Å². The summed E-state index contributed by atoms with van der Waals surface area (Å²) < 4.78 is 13.4. The number of nitrogens with zero attached hydrogens (tertiary/aromatic N) is 4. The second-order valence-corrected chi connectivity index (χ2v) is 8.18. The van der Waals surface area contributed by atoms with Crippen LogP contribution < -0.4 is 10.1 Å². The van der Waals surface area contributed by atoms with Crippen molar-refractivity contribution in [3.8, 4) is 5.75 Å². The van der Waals surface area contributed by atoms with Crippen molar-refractivity contribution in [3.63, 3.8) is 0 Å². The van der Waals surface area contributed by atoms with E-state index in [0.717, 1.165) is 62.8 Å². The number of fused-ring (bicyclic) bond motifs is 1. The third-order valence-electron chi connectivity index (χ3n) is 6.10. The molecule has 0 saturated carbocycles. The van der Waals surface area contributed by atoms with Gasteiger partial charge in [0, 0.05) is 70.3 Å². The molecule has 31 heavy (non-hydrogen) atoms. The van der Waals surface area contributed by atoms with Gasteiger partial charge in [-0.2, -0.15) is 0 Å². The molecule has 168 valence electrons. The van der Waals surface area contributed by atoms with Crippen molar-refractivity contribution < 1.29 is 14.3 Å². The van der Waals surface area contributed by atoms with Gasteiger partial charge in [0.15, 0.2) is 0 Å². The Bertz CT molecular complexity index is 863. The molecular weight excluding hydrogens is 394 g/mol. The number of carbonyl (C=O) groups is 1. The molecule has 0 radical (unpaired) electrons. The molecule has 1 N–H and O–H groups in total. The predicted octanol–water partition coefficient (Wildman–Crippen LogP) is 1.82. The summed E-state index contributed by atoms with van der Waals surface area (Å²) in [6.45, 7) is 8.26. The second-order valence-electron chi connectivity index (χ2n) is 8.18. The predicted molar refractivity (Wildman–Crippen MR) is 117 cm³/mol. The average molecular weight is 428 g/mol. The Kier molecular flexibility index (Phi) is 7.53. The van der Waals surface area contributed by atoms with E-state index < -0.39 is 0 Å². The largest absolute Gasteiger partial charge is 0.494 e. The molecule has 0 unspecified atom stereocenters. The van der Waals surface area contributed by atoms with Gasteiger partial charge in [-0.15, -0.1) is 10.2 Å². The monoisotopic (exact) mass is 427 g/mol. The Balaban J connectivity index is 1.30. The highest BCUT2D eigenvalue weighted by atomic mass is 16.5. The van der Waals surface area contributed by atoms with Gasteiger partial charge < -0.3 is 19.4 Å². The first-order valence-electron chi connectivity index (χ1n) is 11.4. The fraction of sp³-hybridized carbons (Fsp3) is 0.609.